The lowest BCUT2D eigenvalue weighted by molar-refractivity contribution is 0.659. The molecule has 25 heavy (non-hydrogen) atoms. The summed E-state index contributed by atoms with van der Waals surface area (Å²) >= 11 is 5.33. The van der Waals surface area contributed by atoms with Crippen molar-refractivity contribution in [3.8, 4) is 0 Å². The number of benzene rings is 1. The molecule has 0 aliphatic carbocycles. The van der Waals surface area contributed by atoms with E-state index in [0.29, 0.717) is 11.7 Å². The molecule has 1 aromatic carbocycles. The van der Waals surface area contributed by atoms with Crippen LogP contribution in [0.5, 0.6) is 0 Å². The molecule has 0 aliphatic heterocycles. The fourth-order valence-corrected chi connectivity index (χ4v) is 2.70. The Morgan fingerprint density at radius 1 is 1.20 bits per heavy atom. The number of hydrogen-bond acceptors (Lipinski definition) is 3. The van der Waals surface area contributed by atoms with Crippen molar-refractivity contribution in [2.45, 2.75) is 33.5 Å². The van der Waals surface area contributed by atoms with Gasteiger partial charge in [-0.1, -0.05) is 29.8 Å². The van der Waals surface area contributed by atoms with Crippen LogP contribution in [0.25, 0.3) is 0 Å². The number of nitrogens with one attached hydrogen (secondary N) is 2. The molecule has 0 spiro atoms. The molecular formula is C18H22N6S. The normalized spacial score (nSPS) is 10.6. The van der Waals surface area contributed by atoms with Crippen LogP contribution in [0, 0.1) is 6.92 Å². The molecule has 0 fully saturated rings. The van der Waals surface area contributed by atoms with Gasteiger partial charge in [0.1, 0.15) is 0 Å². The largest absolute Gasteiger partial charge is 0.358 e. The molecule has 2 heterocycles. The van der Waals surface area contributed by atoms with E-state index in [0.717, 1.165) is 24.5 Å². The summed E-state index contributed by atoms with van der Waals surface area (Å²) in [5.41, 5.74) is 3.57. The zero-order valence-electron chi connectivity index (χ0n) is 14.4. The number of thiocarbonyl (C=S) groups is 1. The molecule has 0 unspecified atom stereocenters. The average molecular weight is 354 g/mol. The van der Waals surface area contributed by atoms with E-state index in [4.69, 9.17) is 12.2 Å². The van der Waals surface area contributed by atoms with Gasteiger partial charge in [0, 0.05) is 37.1 Å². The second kappa shape index (κ2) is 7.94. The summed E-state index contributed by atoms with van der Waals surface area (Å²) in [6, 6.07) is 10.3. The Labute approximate surface area is 152 Å². The third-order valence-electron chi connectivity index (χ3n) is 3.77. The Morgan fingerprint density at radius 2 is 2.08 bits per heavy atom. The van der Waals surface area contributed by atoms with Crippen LogP contribution in [0.1, 0.15) is 23.6 Å². The van der Waals surface area contributed by atoms with Crippen LogP contribution >= 0.6 is 12.2 Å². The van der Waals surface area contributed by atoms with E-state index >= 15 is 0 Å². The van der Waals surface area contributed by atoms with Crippen molar-refractivity contribution in [1.29, 1.82) is 0 Å². The minimum absolute atomic E-state index is 0.546. The van der Waals surface area contributed by atoms with Gasteiger partial charge in [-0.3, -0.25) is 9.36 Å². The fourth-order valence-electron chi connectivity index (χ4n) is 2.53. The highest BCUT2D eigenvalue weighted by atomic mass is 32.1. The van der Waals surface area contributed by atoms with E-state index in [1.165, 1.54) is 11.1 Å². The maximum atomic E-state index is 5.33. The summed E-state index contributed by atoms with van der Waals surface area (Å²) in [6.07, 6.45) is 5.79. The topological polar surface area (TPSA) is 59.7 Å². The van der Waals surface area contributed by atoms with Crippen LogP contribution in [0.4, 0.5) is 5.82 Å². The second-order valence-electron chi connectivity index (χ2n) is 5.90. The third-order valence-corrected chi connectivity index (χ3v) is 4.02. The van der Waals surface area contributed by atoms with Gasteiger partial charge >= 0.3 is 0 Å². The van der Waals surface area contributed by atoms with E-state index in [1.807, 2.05) is 34.0 Å². The zero-order chi connectivity index (χ0) is 17.6. The molecule has 2 N–H and O–H groups in total. The molecule has 6 nitrogen and oxygen atoms in total. The van der Waals surface area contributed by atoms with Crippen molar-refractivity contribution >= 4 is 23.1 Å². The Kier molecular flexibility index (Phi) is 5.45. The molecule has 3 aromatic rings. The van der Waals surface area contributed by atoms with E-state index in [2.05, 4.69) is 58.9 Å². The number of hydrogen-bond donors (Lipinski definition) is 2. The summed E-state index contributed by atoms with van der Waals surface area (Å²) in [7, 11) is 0. The Bertz CT molecular complexity index is 851. The summed E-state index contributed by atoms with van der Waals surface area (Å²) in [4.78, 5) is 0. The van der Waals surface area contributed by atoms with Crippen molar-refractivity contribution in [2.24, 2.45) is 0 Å². The highest BCUT2D eigenvalue weighted by Crippen LogP contribution is 2.08. The van der Waals surface area contributed by atoms with Crippen LogP contribution in [-0.4, -0.2) is 24.7 Å². The monoisotopic (exact) mass is 354 g/mol. The van der Waals surface area contributed by atoms with Gasteiger partial charge in [0.25, 0.3) is 0 Å². The van der Waals surface area contributed by atoms with Crippen LogP contribution < -0.4 is 10.6 Å². The fraction of sp³-hybridized carbons (Fsp3) is 0.278. The van der Waals surface area contributed by atoms with Gasteiger partial charge < -0.3 is 10.6 Å². The summed E-state index contributed by atoms with van der Waals surface area (Å²) < 4.78 is 3.78. The number of rotatable bonds is 6. The van der Waals surface area contributed by atoms with E-state index in [9.17, 15) is 0 Å². The van der Waals surface area contributed by atoms with E-state index in [1.54, 1.807) is 0 Å². The molecule has 2 aromatic heterocycles. The average Bonchev–Trinajstić information content (AvgIpc) is 3.22. The number of aryl methyl sites for hydroxylation is 2. The molecule has 7 heteroatoms. The lowest BCUT2D eigenvalue weighted by Crippen LogP contribution is -2.28. The number of aromatic nitrogens is 4. The summed E-state index contributed by atoms with van der Waals surface area (Å²) in [6.45, 7) is 6.38. The van der Waals surface area contributed by atoms with E-state index in [-0.39, 0.29) is 0 Å². The Hall–Kier alpha value is -2.67. The first-order chi connectivity index (χ1) is 12.1. The molecular weight excluding hydrogens is 332 g/mol. The first-order valence-electron chi connectivity index (χ1n) is 8.27. The molecule has 0 radical (unpaired) electrons. The minimum atomic E-state index is 0.546. The standard InChI is InChI=1S/C18H22N6S/c1-3-23-13-16(11-20-23)10-19-18(25)21-17-7-8-24(22-17)12-15-6-4-5-14(2)9-15/h4-9,11,13H,3,10,12H2,1-2H3,(H2,19,21,22,25). The number of anilines is 1. The van der Waals surface area contributed by atoms with Gasteiger partial charge in [-0.15, -0.1) is 0 Å². The van der Waals surface area contributed by atoms with Crippen molar-refractivity contribution in [3.63, 3.8) is 0 Å². The van der Waals surface area contributed by atoms with Crippen molar-refractivity contribution in [3.05, 3.63) is 65.6 Å². The zero-order valence-corrected chi connectivity index (χ0v) is 15.3. The highest BCUT2D eigenvalue weighted by molar-refractivity contribution is 7.80. The van der Waals surface area contributed by atoms with Gasteiger partial charge in [0.2, 0.25) is 0 Å². The van der Waals surface area contributed by atoms with Crippen molar-refractivity contribution < 1.29 is 0 Å². The van der Waals surface area contributed by atoms with Crippen LogP contribution in [0.2, 0.25) is 0 Å². The predicted molar refractivity (Wildman–Crippen MR) is 103 cm³/mol. The molecule has 0 saturated carbocycles. The quantitative estimate of drug-likeness (QED) is 0.667. The predicted octanol–water partition coefficient (Wildman–Crippen LogP) is 2.94. The molecule has 0 aliphatic rings. The van der Waals surface area contributed by atoms with Gasteiger partial charge in [0.05, 0.1) is 12.7 Å². The second-order valence-corrected chi connectivity index (χ2v) is 6.31. The van der Waals surface area contributed by atoms with E-state index < -0.39 is 0 Å². The Morgan fingerprint density at radius 3 is 2.84 bits per heavy atom. The summed E-state index contributed by atoms with van der Waals surface area (Å²) in [5.74, 6) is 0.731. The van der Waals surface area contributed by atoms with Crippen LogP contribution in [0.15, 0.2) is 48.9 Å². The molecule has 3 rings (SSSR count). The third kappa shape index (κ3) is 4.90. The maximum Gasteiger partial charge on any atom is 0.172 e. The minimum Gasteiger partial charge on any atom is -0.358 e. The molecule has 0 atom stereocenters. The van der Waals surface area contributed by atoms with Crippen LogP contribution in [0.3, 0.4) is 0 Å². The highest BCUT2D eigenvalue weighted by Gasteiger charge is 2.04. The summed E-state index contributed by atoms with van der Waals surface area (Å²) in [5, 5.41) is 15.6. The lowest BCUT2D eigenvalue weighted by Gasteiger charge is -2.07. The molecule has 0 bridgehead atoms. The Balaban J connectivity index is 1.51. The molecule has 0 saturated heterocycles. The molecule has 130 valence electrons. The first kappa shape index (κ1) is 17.2. The first-order valence-corrected chi connectivity index (χ1v) is 8.68. The van der Waals surface area contributed by atoms with Crippen molar-refractivity contribution in [2.75, 3.05) is 5.32 Å². The van der Waals surface area contributed by atoms with Gasteiger partial charge in [-0.05, 0) is 31.6 Å². The van der Waals surface area contributed by atoms with Crippen LogP contribution in [-0.2, 0) is 19.6 Å². The van der Waals surface area contributed by atoms with Gasteiger partial charge in [-0.25, -0.2) is 0 Å². The van der Waals surface area contributed by atoms with Gasteiger partial charge in [-0.2, -0.15) is 10.2 Å². The SMILES string of the molecule is CCn1cc(CNC(=S)Nc2ccn(Cc3cccc(C)c3)n2)cn1. The van der Waals surface area contributed by atoms with Gasteiger partial charge in [0.15, 0.2) is 10.9 Å². The maximum absolute atomic E-state index is 5.33. The molecule has 0 amide bonds. The smallest absolute Gasteiger partial charge is 0.172 e. The van der Waals surface area contributed by atoms with Crippen molar-refractivity contribution in [1.82, 2.24) is 24.9 Å². The lowest BCUT2D eigenvalue weighted by atomic mass is 10.1. The number of nitrogens with zero attached hydrogens (tertiary/aromatic N) is 4.